The van der Waals surface area contributed by atoms with Gasteiger partial charge in [0, 0.05) is 43.8 Å². The molecular weight excluding hydrogens is 314 g/mol. The Morgan fingerprint density at radius 2 is 1.78 bits per heavy atom. The van der Waals surface area contributed by atoms with E-state index < -0.39 is 5.60 Å². The normalized spacial score (nSPS) is 17.9. The number of amides is 1. The average Bonchev–Trinajstić information content (AvgIpc) is 2.46. The van der Waals surface area contributed by atoms with Crippen molar-refractivity contribution in [3.63, 3.8) is 0 Å². The molecule has 1 fully saturated rings. The van der Waals surface area contributed by atoms with Crippen LogP contribution >= 0.6 is 11.6 Å². The zero-order chi connectivity index (χ0) is 17.0. The van der Waals surface area contributed by atoms with Gasteiger partial charge in [-0.25, -0.2) is 4.79 Å². The molecule has 0 bridgehead atoms. The third-order valence-electron chi connectivity index (χ3n) is 3.78. The molecule has 6 heteroatoms. The smallest absolute Gasteiger partial charge is 0.410 e. The van der Waals surface area contributed by atoms with Gasteiger partial charge >= 0.3 is 6.09 Å². The van der Waals surface area contributed by atoms with Crippen LogP contribution in [0.2, 0.25) is 5.02 Å². The number of nitrogens with zero attached hydrogens (tertiary/aromatic N) is 2. The molecule has 5 nitrogen and oxygen atoms in total. The van der Waals surface area contributed by atoms with Crippen LogP contribution in [0.4, 0.5) is 4.79 Å². The molecule has 1 unspecified atom stereocenters. The van der Waals surface area contributed by atoms with Gasteiger partial charge in [-0.3, -0.25) is 4.90 Å². The number of piperazine rings is 1. The van der Waals surface area contributed by atoms with Gasteiger partial charge in [-0.05, 0) is 38.5 Å². The van der Waals surface area contributed by atoms with Gasteiger partial charge < -0.3 is 15.4 Å². The summed E-state index contributed by atoms with van der Waals surface area (Å²) in [6.07, 6.45) is -0.237. The number of nitrogens with two attached hydrogens (primary N) is 1. The zero-order valence-corrected chi connectivity index (χ0v) is 14.8. The topological polar surface area (TPSA) is 58.8 Å². The van der Waals surface area contributed by atoms with E-state index >= 15 is 0 Å². The molecule has 1 aromatic rings. The van der Waals surface area contributed by atoms with Crippen LogP contribution in [0.3, 0.4) is 0 Å². The number of hydrogen-bond donors (Lipinski definition) is 1. The highest BCUT2D eigenvalue weighted by Gasteiger charge is 2.26. The standard InChI is InChI=1S/C17H26ClN3O2/c1-17(2,3)23-16(22)21-10-8-20(9-11-21)12-15(19)13-4-6-14(18)7-5-13/h4-7,15H,8-12,19H2,1-3H3. The van der Waals surface area contributed by atoms with Crippen molar-refractivity contribution in [1.29, 1.82) is 0 Å². The van der Waals surface area contributed by atoms with Gasteiger partial charge in [0.15, 0.2) is 0 Å². The first-order valence-corrected chi connectivity index (χ1v) is 8.34. The van der Waals surface area contributed by atoms with E-state index in [1.807, 2.05) is 45.0 Å². The molecule has 2 rings (SSSR count). The third-order valence-corrected chi connectivity index (χ3v) is 4.03. The predicted molar refractivity (Wildman–Crippen MR) is 92.6 cm³/mol. The van der Waals surface area contributed by atoms with Crippen molar-refractivity contribution in [3.05, 3.63) is 34.9 Å². The summed E-state index contributed by atoms with van der Waals surface area (Å²) in [7, 11) is 0. The molecule has 0 aliphatic carbocycles. The van der Waals surface area contributed by atoms with Crippen LogP contribution in [0.15, 0.2) is 24.3 Å². The van der Waals surface area contributed by atoms with Crippen molar-refractivity contribution in [2.45, 2.75) is 32.4 Å². The molecule has 1 aromatic carbocycles. The molecule has 23 heavy (non-hydrogen) atoms. The van der Waals surface area contributed by atoms with Crippen LogP contribution < -0.4 is 5.73 Å². The van der Waals surface area contributed by atoms with Gasteiger partial charge in [0.1, 0.15) is 5.60 Å². The first-order valence-electron chi connectivity index (χ1n) is 7.96. The van der Waals surface area contributed by atoms with E-state index in [4.69, 9.17) is 22.1 Å². The van der Waals surface area contributed by atoms with Crippen molar-refractivity contribution < 1.29 is 9.53 Å². The summed E-state index contributed by atoms with van der Waals surface area (Å²) in [5.41, 5.74) is 6.88. The molecular formula is C17H26ClN3O2. The van der Waals surface area contributed by atoms with E-state index in [2.05, 4.69) is 4.90 Å². The molecule has 1 heterocycles. The lowest BCUT2D eigenvalue weighted by atomic mass is 10.1. The first kappa shape index (κ1) is 18.0. The fraction of sp³-hybridized carbons (Fsp3) is 0.588. The minimum absolute atomic E-state index is 0.0552. The lowest BCUT2D eigenvalue weighted by Crippen LogP contribution is -2.51. The number of benzene rings is 1. The van der Waals surface area contributed by atoms with Gasteiger partial charge in [-0.15, -0.1) is 0 Å². The second kappa shape index (κ2) is 7.51. The molecule has 128 valence electrons. The van der Waals surface area contributed by atoms with Gasteiger partial charge in [-0.2, -0.15) is 0 Å². The number of hydrogen-bond acceptors (Lipinski definition) is 4. The average molecular weight is 340 g/mol. The SMILES string of the molecule is CC(C)(C)OC(=O)N1CCN(CC(N)c2ccc(Cl)cc2)CC1. The van der Waals surface area contributed by atoms with Gasteiger partial charge in [0.05, 0.1) is 0 Å². The number of carbonyl (C=O) groups excluding carboxylic acids is 1. The van der Waals surface area contributed by atoms with Gasteiger partial charge in [0.25, 0.3) is 0 Å². The van der Waals surface area contributed by atoms with Crippen molar-refractivity contribution in [2.75, 3.05) is 32.7 Å². The quantitative estimate of drug-likeness (QED) is 0.920. The number of rotatable bonds is 3. The van der Waals surface area contributed by atoms with E-state index in [1.54, 1.807) is 4.90 Å². The second-order valence-corrected chi connectivity index (χ2v) is 7.36. The van der Waals surface area contributed by atoms with E-state index in [0.717, 1.165) is 25.2 Å². The maximum Gasteiger partial charge on any atom is 0.410 e. The Morgan fingerprint density at radius 1 is 1.22 bits per heavy atom. The molecule has 0 radical (unpaired) electrons. The first-order chi connectivity index (χ1) is 10.7. The van der Waals surface area contributed by atoms with Crippen LogP contribution in [0.25, 0.3) is 0 Å². The Bertz CT molecular complexity index is 520. The van der Waals surface area contributed by atoms with Crippen LogP contribution in [-0.4, -0.2) is 54.2 Å². The Morgan fingerprint density at radius 3 is 2.30 bits per heavy atom. The summed E-state index contributed by atoms with van der Waals surface area (Å²) in [6, 6.07) is 7.59. The van der Waals surface area contributed by atoms with Crippen LogP contribution in [0.1, 0.15) is 32.4 Å². The van der Waals surface area contributed by atoms with Gasteiger partial charge in [0.2, 0.25) is 0 Å². The minimum atomic E-state index is -0.453. The minimum Gasteiger partial charge on any atom is -0.444 e. The summed E-state index contributed by atoms with van der Waals surface area (Å²) in [5.74, 6) is 0. The van der Waals surface area contributed by atoms with Crippen molar-refractivity contribution >= 4 is 17.7 Å². The zero-order valence-electron chi connectivity index (χ0n) is 14.1. The fourth-order valence-electron chi connectivity index (χ4n) is 2.53. The second-order valence-electron chi connectivity index (χ2n) is 6.93. The number of ether oxygens (including phenoxy) is 1. The van der Waals surface area contributed by atoms with E-state index in [9.17, 15) is 4.79 Å². The number of halogens is 1. The predicted octanol–water partition coefficient (Wildman–Crippen LogP) is 2.89. The molecule has 2 N–H and O–H groups in total. The molecule has 1 aliphatic heterocycles. The lowest BCUT2D eigenvalue weighted by Gasteiger charge is -2.36. The summed E-state index contributed by atoms with van der Waals surface area (Å²) < 4.78 is 5.41. The molecule has 1 amide bonds. The van der Waals surface area contributed by atoms with Gasteiger partial charge in [-0.1, -0.05) is 23.7 Å². The molecule has 1 aliphatic rings. The van der Waals surface area contributed by atoms with E-state index in [0.29, 0.717) is 18.1 Å². The molecule has 0 spiro atoms. The molecule has 1 saturated heterocycles. The molecule has 1 atom stereocenters. The largest absolute Gasteiger partial charge is 0.444 e. The Labute approximate surface area is 143 Å². The molecule has 0 saturated carbocycles. The maximum atomic E-state index is 12.0. The Hall–Kier alpha value is -1.30. The number of carbonyl (C=O) groups is 1. The summed E-state index contributed by atoms with van der Waals surface area (Å²) >= 11 is 5.90. The highest BCUT2D eigenvalue weighted by atomic mass is 35.5. The Kier molecular flexibility index (Phi) is 5.89. The summed E-state index contributed by atoms with van der Waals surface area (Å²) in [5, 5.41) is 0.715. The van der Waals surface area contributed by atoms with E-state index in [1.165, 1.54) is 0 Å². The lowest BCUT2D eigenvalue weighted by molar-refractivity contribution is 0.0141. The summed E-state index contributed by atoms with van der Waals surface area (Å²) in [6.45, 7) is 9.36. The van der Waals surface area contributed by atoms with Crippen molar-refractivity contribution in [1.82, 2.24) is 9.80 Å². The Balaban J connectivity index is 1.80. The third kappa shape index (κ3) is 5.68. The van der Waals surface area contributed by atoms with E-state index in [-0.39, 0.29) is 12.1 Å². The van der Waals surface area contributed by atoms with Crippen molar-refractivity contribution in [3.8, 4) is 0 Å². The van der Waals surface area contributed by atoms with Crippen molar-refractivity contribution in [2.24, 2.45) is 5.73 Å². The monoisotopic (exact) mass is 339 g/mol. The fourth-order valence-corrected chi connectivity index (χ4v) is 2.66. The highest BCUT2D eigenvalue weighted by Crippen LogP contribution is 2.17. The van der Waals surface area contributed by atoms with Crippen LogP contribution in [0.5, 0.6) is 0 Å². The maximum absolute atomic E-state index is 12.0. The summed E-state index contributed by atoms with van der Waals surface area (Å²) in [4.78, 5) is 16.1. The van der Waals surface area contributed by atoms with Crippen LogP contribution in [0, 0.1) is 0 Å². The highest BCUT2D eigenvalue weighted by molar-refractivity contribution is 6.30. The van der Waals surface area contributed by atoms with Crippen LogP contribution in [-0.2, 0) is 4.74 Å². The molecule has 0 aromatic heterocycles.